The third-order valence-electron chi connectivity index (χ3n) is 4.85. The van der Waals surface area contributed by atoms with Crippen LogP contribution in [0, 0.1) is 0 Å². The van der Waals surface area contributed by atoms with Gasteiger partial charge >= 0.3 is 0 Å². The molecule has 1 N–H and O–H groups in total. The number of para-hydroxylation sites is 1. The zero-order valence-corrected chi connectivity index (χ0v) is 16.3. The number of amides is 1. The summed E-state index contributed by atoms with van der Waals surface area (Å²) in [6.45, 7) is 0. The molecular formula is C20H18N4OS2. The number of thiazole rings is 1. The van der Waals surface area contributed by atoms with Gasteiger partial charge in [-0.15, -0.1) is 10.2 Å². The maximum absolute atomic E-state index is 12.3. The van der Waals surface area contributed by atoms with E-state index in [0.29, 0.717) is 12.2 Å². The lowest BCUT2D eigenvalue weighted by atomic mass is 10.1. The third-order valence-corrected chi connectivity index (χ3v) is 6.80. The highest BCUT2D eigenvalue weighted by Crippen LogP contribution is 2.30. The van der Waals surface area contributed by atoms with Crippen molar-refractivity contribution in [3.8, 4) is 0 Å². The first-order chi connectivity index (χ1) is 13.3. The lowest BCUT2D eigenvalue weighted by Gasteiger charge is -2.07. The van der Waals surface area contributed by atoms with Gasteiger partial charge in [-0.05, 0) is 54.7 Å². The predicted octanol–water partition coefficient (Wildman–Crippen LogP) is 4.55. The molecule has 4 aromatic rings. The predicted molar refractivity (Wildman–Crippen MR) is 111 cm³/mol. The summed E-state index contributed by atoms with van der Waals surface area (Å²) in [5, 5.41) is 12.4. The van der Waals surface area contributed by atoms with Crippen LogP contribution in [0.25, 0.3) is 15.2 Å². The van der Waals surface area contributed by atoms with E-state index in [9.17, 15) is 4.79 Å². The summed E-state index contributed by atoms with van der Waals surface area (Å²) in [4.78, 5) is 13.2. The number of benzene rings is 2. The topological polar surface area (TPSA) is 59.3 Å². The summed E-state index contributed by atoms with van der Waals surface area (Å²) in [6, 6.07) is 14.5. The molecule has 2 heterocycles. The highest BCUT2D eigenvalue weighted by Gasteiger charge is 2.14. The summed E-state index contributed by atoms with van der Waals surface area (Å²) >= 11 is 3.20. The van der Waals surface area contributed by atoms with Crippen LogP contribution in [0.3, 0.4) is 0 Å². The molecular weight excluding hydrogens is 376 g/mol. The summed E-state index contributed by atoms with van der Waals surface area (Å²) < 4.78 is 3.27. The van der Waals surface area contributed by atoms with Gasteiger partial charge in [-0.25, -0.2) is 0 Å². The summed E-state index contributed by atoms with van der Waals surface area (Å²) in [6.07, 6.45) is 3.93. The van der Waals surface area contributed by atoms with Gasteiger partial charge in [-0.1, -0.05) is 41.3 Å². The van der Waals surface area contributed by atoms with Crippen LogP contribution in [-0.2, 0) is 17.6 Å². The Hall–Kier alpha value is -2.38. The normalized spacial score (nSPS) is 13.3. The van der Waals surface area contributed by atoms with Crippen molar-refractivity contribution in [1.29, 1.82) is 0 Å². The van der Waals surface area contributed by atoms with Crippen molar-refractivity contribution in [2.75, 3.05) is 11.1 Å². The maximum Gasteiger partial charge on any atom is 0.225 e. The molecule has 0 aliphatic heterocycles. The first-order valence-electron chi connectivity index (χ1n) is 9.05. The van der Waals surface area contributed by atoms with E-state index in [0.717, 1.165) is 34.2 Å². The average molecular weight is 395 g/mol. The highest BCUT2D eigenvalue weighted by molar-refractivity contribution is 7.99. The molecule has 0 fully saturated rings. The molecule has 0 saturated heterocycles. The number of anilines is 1. The fraction of sp³-hybridized carbons (Fsp3) is 0.250. The molecule has 27 heavy (non-hydrogen) atoms. The van der Waals surface area contributed by atoms with Crippen molar-refractivity contribution < 1.29 is 4.79 Å². The van der Waals surface area contributed by atoms with Crippen LogP contribution in [0.15, 0.2) is 47.6 Å². The van der Waals surface area contributed by atoms with Gasteiger partial charge in [0, 0.05) is 17.9 Å². The van der Waals surface area contributed by atoms with Crippen molar-refractivity contribution in [3.63, 3.8) is 0 Å². The first kappa shape index (κ1) is 16.8. The van der Waals surface area contributed by atoms with E-state index < -0.39 is 0 Å². The van der Waals surface area contributed by atoms with Gasteiger partial charge in [0.05, 0.1) is 10.2 Å². The van der Waals surface area contributed by atoms with Crippen LogP contribution in [0.4, 0.5) is 5.69 Å². The van der Waals surface area contributed by atoms with Gasteiger partial charge < -0.3 is 5.32 Å². The van der Waals surface area contributed by atoms with E-state index in [1.807, 2.05) is 18.2 Å². The van der Waals surface area contributed by atoms with Crippen LogP contribution in [0.2, 0.25) is 0 Å². The Morgan fingerprint density at radius 3 is 3.00 bits per heavy atom. The molecule has 0 unspecified atom stereocenters. The average Bonchev–Trinajstić information content (AvgIpc) is 3.36. The Kier molecular flexibility index (Phi) is 4.33. The van der Waals surface area contributed by atoms with Crippen molar-refractivity contribution in [2.45, 2.75) is 30.8 Å². The van der Waals surface area contributed by atoms with Crippen molar-refractivity contribution in [2.24, 2.45) is 0 Å². The number of hydrogen-bond acceptors (Lipinski definition) is 5. The molecule has 136 valence electrons. The lowest BCUT2D eigenvalue weighted by molar-refractivity contribution is -0.115. The van der Waals surface area contributed by atoms with E-state index in [-0.39, 0.29) is 5.91 Å². The van der Waals surface area contributed by atoms with E-state index in [4.69, 9.17) is 0 Å². The quantitative estimate of drug-likeness (QED) is 0.504. The molecule has 5 rings (SSSR count). The minimum absolute atomic E-state index is 0.0383. The minimum atomic E-state index is 0.0383. The summed E-state index contributed by atoms with van der Waals surface area (Å²) in [5.41, 5.74) is 4.81. The summed E-state index contributed by atoms with van der Waals surface area (Å²) in [7, 11) is 0. The molecule has 0 spiro atoms. The number of rotatable bonds is 5. The van der Waals surface area contributed by atoms with Gasteiger partial charge in [0.1, 0.15) is 0 Å². The first-order valence-corrected chi connectivity index (χ1v) is 10.9. The van der Waals surface area contributed by atoms with Crippen LogP contribution in [-0.4, -0.2) is 26.3 Å². The maximum atomic E-state index is 12.3. The van der Waals surface area contributed by atoms with Gasteiger partial charge in [-0.2, -0.15) is 0 Å². The number of nitrogens with one attached hydrogen (secondary N) is 1. The van der Waals surface area contributed by atoms with Crippen LogP contribution in [0.1, 0.15) is 24.0 Å². The highest BCUT2D eigenvalue weighted by atomic mass is 32.2. The molecule has 0 bridgehead atoms. The van der Waals surface area contributed by atoms with Gasteiger partial charge in [-0.3, -0.25) is 9.20 Å². The van der Waals surface area contributed by atoms with Crippen LogP contribution >= 0.6 is 23.1 Å². The van der Waals surface area contributed by atoms with E-state index >= 15 is 0 Å². The third kappa shape index (κ3) is 3.21. The number of nitrogens with zero attached hydrogens (tertiary/aromatic N) is 3. The SMILES string of the molecule is O=C(CCSc1nnc2sc3ccccc3n12)Nc1ccc2c(c1)CCC2. The molecule has 1 aliphatic rings. The van der Waals surface area contributed by atoms with Crippen LogP contribution < -0.4 is 5.32 Å². The number of hydrogen-bond donors (Lipinski definition) is 1. The molecule has 1 amide bonds. The Morgan fingerprint density at radius 1 is 1.15 bits per heavy atom. The molecule has 5 nitrogen and oxygen atoms in total. The Morgan fingerprint density at radius 2 is 2.04 bits per heavy atom. The second-order valence-corrected chi connectivity index (χ2v) is 8.73. The second-order valence-electron chi connectivity index (χ2n) is 6.65. The summed E-state index contributed by atoms with van der Waals surface area (Å²) in [5.74, 6) is 0.707. The minimum Gasteiger partial charge on any atom is -0.326 e. The number of thioether (sulfide) groups is 1. The fourth-order valence-corrected chi connectivity index (χ4v) is 5.46. The molecule has 2 aromatic heterocycles. The van der Waals surface area contributed by atoms with Gasteiger partial charge in [0.15, 0.2) is 5.16 Å². The van der Waals surface area contributed by atoms with E-state index in [1.54, 1.807) is 23.1 Å². The number of carbonyl (C=O) groups is 1. The molecule has 0 radical (unpaired) electrons. The van der Waals surface area contributed by atoms with E-state index in [1.165, 1.54) is 22.2 Å². The number of fused-ring (bicyclic) bond motifs is 4. The molecule has 0 saturated carbocycles. The largest absolute Gasteiger partial charge is 0.326 e. The zero-order chi connectivity index (χ0) is 18.2. The Labute approximate surface area is 164 Å². The standard InChI is InChI=1S/C20H18N4OS2/c25-18(21-15-9-8-13-4-3-5-14(13)12-15)10-11-26-19-22-23-20-24(19)16-6-1-2-7-17(16)27-20/h1-2,6-9,12H,3-5,10-11H2,(H,21,25). The smallest absolute Gasteiger partial charge is 0.225 e. The van der Waals surface area contributed by atoms with Crippen molar-refractivity contribution in [3.05, 3.63) is 53.6 Å². The Bertz CT molecular complexity index is 1150. The second kappa shape index (κ2) is 6.98. The number of aryl methyl sites for hydroxylation is 2. The number of carbonyl (C=O) groups excluding carboxylic acids is 1. The molecule has 1 aliphatic carbocycles. The monoisotopic (exact) mass is 394 g/mol. The van der Waals surface area contributed by atoms with Gasteiger partial charge in [0.2, 0.25) is 10.9 Å². The van der Waals surface area contributed by atoms with Crippen molar-refractivity contribution >= 4 is 49.9 Å². The zero-order valence-electron chi connectivity index (χ0n) is 14.6. The number of aromatic nitrogens is 3. The van der Waals surface area contributed by atoms with Crippen molar-refractivity contribution in [1.82, 2.24) is 14.6 Å². The van der Waals surface area contributed by atoms with Crippen LogP contribution in [0.5, 0.6) is 0 Å². The lowest BCUT2D eigenvalue weighted by Crippen LogP contribution is -2.12. The molecule has 7 heteroatoms. The fourth-order valence-electron chi connectivity index (χ4n) is 3.56. The molecule has 0 atom stereocenters. The molecule has 2 aromatic carbocycles. The van der Waals surface area contributed by atoms with E-state index in [2.05, 4.69) is 44.2 Å². The van der Waals surface area contributed by atoms with Gasteiger partial charge in [0.25, 0.3) is 0 Å². The Balaban J connectivity index is 1.23.